The number of hydrogen-bond donors (Lipinski definition) is 3. The minimum atomic E-state index is -0.684. The minimum Gasteiger partial charge on any atom is -0.391 e. The Morgan fingerprint density at radius 1 is 1.06 bits per heavy atom. The average molecular weight is 491 g/mol. The van der Waals surface area contributed by atoms with Gasteiger partial charge in [-0.25, -0.2) is 4.98 Å². The Morgan fingerprint density at radius 3 is 2.29 bits per heavy atom. The molecule has 2 atom stereocenters. The molecule has 4 N–H and O–H groups in total. The molecule has 0 aliphatic carbocycles. The molecule has 35 heavy (non-hydrogen) atoms. The lowest BCUT2D eigenvalue weighted by molar-refractivity contribution is -0.116. The number of rotatable bonds is 17. The van der Waals surface area contributed by atoms with Gasteiger partial charge in [0.1, 0.15) is 0 Å². The van der Waals surface area contributed by atoms with E-state index in [1.807, 2.05) is 0 Å². The first-order valence-corrected chi connectivity index (χ1v) is 13.3. The van der Waals surface area contributed by atoms with Gasteiger partial charge < -0.3 is 25.6 Å². The molecule has 1 amide bonds. The number of imidazole rings is 1. The highest BCUT2D eigenvalue weighted by Crippen LogP contribution is 2.27. The molecular weight excluding hydrogens is 448 g/mol. The normalized spacial score (nSPS) is 17.9. The summed E-state index contributed by atoms with van der Waals surface area (Å²) in [5, 5.41) is 12.0. The van der Waals surface area contributed by atoms with Crippen molar-refractivity contribution in [2.45, 2.75) is 109 Å². The number of nitrogen functional groups attached to an aromatic ring is 1. The largest absolute Gasteiger partial charge is 0.391 e. The van der Waals surface area contributed by atoms with Crippen LogP contribution in [0.3, 0.4) is 0 Å². The van der Waals surface area contributed by atoms with Gasteiger partial charge in [-0.1, -0.05) is 84.0 Å². The van der Waals surface area contributed by atoms with Crippen molar-refractivity contribution in [3.8, 4) is 0 Å². The fraction of sp³-hybridized carbons (Fsp3) is 0.760. The summed E-state index contributed by atoms with van der Waals surface area (Å²) in [5.41, 5.74) is 6.76. The third kappa shape index (κ3) is 8.70. The van der Waals surface area contributed by atoms with Crippen LogP contribution in [0.4, 0.5) is 11.8 Å². The SMILES string of the molecule is CCCCCCCCCCCCCCCC(=O)Nc1nc(N)nc2c1ncn2[C@H]1CO[C@@H](CO)O1. The van der Waals surface area contributed by atoms with Crippen LogP contribution in [0.1, 0.15) is 103 Å². The Labute approximate surface area is 208 Å². The van der Waals surface area contributed by atoms with E-state index in [2.05, 4.69) is 27.2 Å². The number of carbonyl (C=O) groups is 1. The molecule has 10 heteroatoms. The van der Waals surface area contributed by atoms with E-state index < -0.39 is 12.5 Å². The molecule has 1 saturated heterocycles. The van der Waals surface area contributed by atoms with Gasteiger partial charge in [0.2, 0.25) is 11.9 Å². The van der Waals surface area contributed by atoms with Crippen molar-refractivity contribution in [3.05, 3.63) is 6.33 Å². The number of hydrogen-bond acceptors (Lipinski definition) is 8. The summed E-state index contributed by atoms with van der Waals surface area (Å²) >= 11 is 0. The topological polar surface area (TPSA) is 137 Å². The van der Waals surface area contributed by atoms with E-state index in [1.165, 1.54) is 64.2 Å². The van der Waals surface area contributed by atoms with Gasteiger partial charge in [0.05, 0.1) is 19.5 Å². The maximum Gasteiger partial charge on any atom is 0.225 e. The van der Waals surface area contributed by atoms with Gasteiger partial charge >= 0.3 is 0 Å². The molecule has 10 nitrogen and oxygen atoms in total. The van der Waals surface area contributed by atoms with Crippen LogP contribution in [0.15, 0.2) is 6.33 Å². The fourth-order valence-electron chi connectivity index (χ4n) is 4.41. The summed E-state index contributed by atoms with van der Waals surface area (Å²) in [6.07, 6.45) is 17.3. The van der Waals surface area contributed by atoms with Gasteiger partial charge in [-0.2, -0.15) is 9.97 Å². The zero-order valence-electron chi connectivity index (χ0n) is 21.1. The molecule has 0 unspecified atom stereocenters. The predicted molar refractivity (Wildman–Crippen MR) is 136 cm³/mol. The van der Waals surface area contributed by atoms with E-state index in [9.17, 15) is 9.90 Å². The van der Waals surface area contributed by atoms with Crippen LogP contribution in [-0.4, -0.2) is 50.0 Å². The van der Waals surface area contributed by atoms with Crippen LogP contribution < -0.4 is 11.1 Å². The molecule has 0 saturated carbocycles. The number of nitrogens with zero attached hydrogens (tertiary/aromatic N) is 4. The smallest absolute Gasteiger partial charge is 0.225 e. The van der Waals surface area contributed by atoms with Crippen molar-refractivity contribution < 1.29 is 19.4 Å². The molecule has 0 spiro atoms. The summed E-state index contributed by atoms with van der Waals surface area (Å²) in [6, 6.07) is 0. The number of ether oxygens (including phenoxy) is 2. The van der Waals surface area contributed by atoms with Crippen molar-refractivity contribution in [1.82, 2.24) is 19.5 Å². The number of fused-ring (bicyclic) bond motifs is 1. The maximum atomic E-state index is 12.5. The van der Waals surface area contributed by atoms with Crippen LogP contribution in [0.2, 0.25) is 0 Å². The van der Waals surface area contributed by atoms with E-state index in [0.717, 1.165) is 19.3 Å². The summed E-state index contributed by atoms with van der Waals surface area (Å²) in [5.74, 6) is 0.222. The van der Waals surface area contributed by atoms with Crippen LogP contribution in [0, 0.1) is 0 Å². The molecule has 3 rings (SSSR count). The number of anilines is 2. The lowest BCUT2D eigenvalue weighted by Gasteiger charge is -2.12. The summed E-state index contributed by atoms with van der Waals surface area (Å²) < 4.78 is 12.6. The number of amides is 1. The first-order chi connectivity index (χ1) is 17.1. The van der Waals surface area contributed by atoms with E-state index in [1.54, 1.807) is 10.9 Å². The zero-order chi connectivity index (χ0) is 24.9. The second kappa shape index (κ2) is 15.0. The van der Waals surface area contributed by atoms with Gasteiger partial charge in [-0.3, -0.25) is 9.36 Å². The van der Waals surface area contributed by atoms with Crippen molar-refractivity contribution in [3.63, 3.8) is 0 Å². The number of aromatic nitrogens is 4. The Bertz CT molecular complexity index is 905. The monoisotopic (exact) mass is 490 g/mol. The minimum absolute atomic E-state index is 0.0353. The maximum absolute atomic E-state index is 12.5. The molecular formula is C25H42N6O4. The highest BCUT2D eigenvalue weighted by Gasteiger charge is 2.29. The Hall–Kier alpha value is -2.30. The molecule has 1 aliphatic rings. The number of aliphatic hydroxyl groups is 1. The molecule has 2 aromatic heterocycles. The van der Waals surface area contributed by atoms with E-state index >= 15 is 0 Å². The van der Waals surface area contributed by atoms with Gasteiger partial charge in [0.15, 0.2) is 29.5 Å². The van der Waals surface area contributed by atoms with Gasteiger partial charge in [0.25, 0.3) is 0 Å². The average Bonchev–Trinajstić information content (AvgIpc) is 3.49. The lowest BCUT2D eigenvalue weighted by Crippen LogP contribution is -2.16. The molecule has 3 heterocycles. The van der Waals surface area contributed by atoms with Crippen LogP contribution in [0.25, 0.3) is 11.2 Å². The number of unbranched alkanes of at least 4 members (excludes halogenated alkanes) is 12. The number of aliphatic hydroxyl groups excluding tert-OH is 1. The standard InChI is InChI=1S/C25H42N6O4/c1-2-3-4-5-6-7-8-9-10-11-12-13-14-15-19(33)28-23-22-24(30-25(26)29-23)31(18-27-22)20-17-34-21(16-32)35-20/h18,20-21,32H,2-17H2,1H3,(H3,26,28,29,30,33)/t20-,21-/m1/s1. The fourth-order valence-corrected chi connectivity index (χ4v) is 4.41. The molecule has 1 aliphatic heterocycles. The molecule has 0 aromatic carbocycles. The number of nitrogens with two attached hydrogens (primary N) is 1. The molecule has 0 radical (unpaired) electrons. The highest BCUT2D eigenvalue weighted by molar-refractivity contribution is 5.97. The van der Waals surface area contributed by atoms with E-state index in [0.29, 0.717) is 23.4 Å². The first-order valence-electron chi connectivity index (χ1n) is 13.3. The number of nitrogens with one attached hydrogen (secondary N) is 1. The third-order valence-corrected chi connectivity index (χ3v) is 6.40. The molecule has 0 bridgehead atoms. The van der Waals surface area contributed by atoms with E-state index in [-0.39, 0.29) is 25.1 Å². The van der Waals surface area contributed by atoms with Crippen LogP contribution >= 0.6 is 0 Å². The number of carbonyl (C=O) groups excluding carboxylic acids is 1. The predicted octanol–water partition coefficient (Wildman–Crippen LogP) is 4.69. The molecule has 2 aromatic rings. The molecule has 1 fully saturated rings. The summed E-state index contributed by atoms with van der Waals surface area (Å²) in [6.45, 7) is 2.27. The van der Waals surface area contributed by atoms with Gasteiger partial charge in [0, 0.05) is 6.42 Å². The Kier molecular flexibility index (Phi) is 11.7. The second-order valence-electron chi connectivity index (χ2n) is 9.33. The first kappa shape index (κ1) is 27.3. The summed E-state index contributed by atoms with van der Waals surface area (Å²) in [4.78, 5) is 25.3. The lowest BCUT2D eigenvalue weighted by atomic mass is 10.0. The van der Waals surface area contributed by atoms with Crippen molar-refractivity contribution in [1.29, 1.82) is 0 Å². The van der Waals surface area contributed by atoms with Crippen molar-refractivity contribution >= 4 is 28.8 Å². The van der Waals surface area contributed by atoms with Crippen LogP contribution in [-0.2, 0) is 14.3 Å². The molecule has 196 valence electrons. The van der Waals surface area contributed by atoms with Crippen molar-refractivity contribution in [2.24, 2.45) is 0 Å². The second-order valence-corrected chi connectivity index (χ2v) is 9.33. The Morgan fingerprint density at radius 2 is 1.69 bits per heavy atom. The quantitative estimate of drug-likeness (QED) is 0.272. The van der Waals surface area contributed by atoms with Crippen LogP contribution in [0.5, 0.6) is 0 Å². The van der Waals surface area contributed by atoms with Gasteiger partial charge in [-0.15, -0.1) is 0 Å². The van der Waals surface area contributed by atoms with Gasteiger partial charge in [-0.05, 0) is 6.42 Å². The summed E-state index contributed by atoms with van der Waals surface area (Å²) in [7, 11) is 0. The van der Waals surface area contributed by atoms with Crippen molar-refractivity contribution in [2.75, 3.05) is 24.3 Å². The Balaban J connectivity index is 1.34. The third-order valence-electron chi connectivity index (χ3n) is 6.40. The highest BCUT2D eigenvalue weighted by atomic mass is 16.7. The zero-order valence-corrected chi connectivity index (χ0v) is 21.1. The van der Waals surface area contributed by atoms with E-state index in [4.69, 9.17) is 15.2 Å².